The second kappa shape index (κ2) is 3.88. The van der Waals surface area contributed by atoms with Crippen LogP contribution in [0, 0.1) is 3.57 Å². The van der Waals surface area contributed by atoms with E-state index in [0.29, 0.717) is 9.45 Å². The van der Waals surface area contributed by atoms with Crippen LogP contribution in [0.15, 0.2) is 11.1 Å². The lowest BCUT2D eigenvalue weighted by molar-refractivity contribution is 0.230. The Kier molecular flexibility index (Phi) is 3.07. The minimum absolute atomic E-state index is 0.0350. The van der Waals surface area contributed by atoms with E-state index in [1.54, 1.807) is 0 Å². The minimum atomic E-state index is -0.166. The first-order valence-corrected chi connectivity index (χ1v) is 4.59. The number of H-pyrrole nitrogens is 1. The number of hydrogen-bond donors (Lipinski definition) is 1. The predicted octanol–water partition coefficient (Wildman–Crippen LogP) is 1.16. The van der Waals surface area contributed by atoms with E-state index in [4.69, 9.17) is 4.74 Å². The molecule has 0 amide bonds. The number of rotatable bonds is 2. The van der Waals surface area contributed by atoms with Crippen molar-refractivity contribution in [1.29, 1.82) is 0 Å². The molecule has 66 valence electrons. The summed E-state index contributed by atoms with van der Waals surface area (Å²) in [5.74, 6) is 0.398. The van der Waals surface area contributed by atoms with Crippen molar-refractivity contribution in [1.82, 2.24) is 9.97 Å². The molecule has 0 bridgehead atoms. The summed E-state index contributed by atoms with van der Waals surface area (Å²) in [6.45, 7) is 3.78. The summed E-state index contributed by atoms with van der Waals surface area (Å²) in [7, 11) is 0. The Bertz CT molecular complexity index is 321. The highest BCUT2D eigenvalue weighted by atomic mass is 127. The molecule has 12 heavy (non-hydrogen) atoms. The van der Waals surface area contributed by atoms with Crippen LogP contribution in [0.2, 0.25) is 0 Å². The average Bonchev–Trinajstić information content (AvgIpc) is 1.98. The van der Waals surface area contributed by atoms with Crippen LogP contribution in [0.1, 0.15) is 13.8 Å². The number of aromatic amines is 1. The monoisotopic (exact) mass is 280 g/mol. The van der Waals surface area contributed by atoms with Gasteiger partial charge in [-0.25, -0.2) is 4.98 Å². The summed E-state index contributed by atoms with van der Waals surface area (Å²) in [5, 5.41) is 0. The molecule has 0 aliphatic rings. The maximum absolute atomic E-state index is 11.0. The summed E-state index contributed by atoms with van der Waals surface area (Å²) in [6, 6.07) is 0. The predicted molar refractivity (Wildman–Crippen MR) is 53.3 cm³/mol. The summed E-state index contributed by atoms with van der Waals surface area (Å²) in [6.07, 6.45) is 1.37. The zero-order chi connectivity index (χ0) is 9.14. The first kappa shape index (κ1) is 9.50. The molecule has 5 heteroatoms. The number of hydrogen-bond acceptors (Lipinski definition) is 3. The zero-order valence-electron chi connectivity index (χ0n) is 6.80. The van der Waals surface area contributed by atoms with Crippen molar-refractivity contribution in [3.8, 4) is 5.88 Å². The third-order valence-corrected chi connectivity index (χ3v) is 2.06. The minimum Gasteiger partial charge on any atom is -0.474 e. The standard InChI is InChI=1S/C7H9IN2O2/c1-4(2)12-7-5(8)6(11)9-3-10-7/h3-4H,1-2H3,(H,9,10,11). The molecule has 0 aliphatic heterocycles. The molecule has 1 heterocycles. The van der Waals surface area contributed by atoms with Gasteiger partial charge in [-0.05, 0) is 36.4 Å². The molecule has 1 aromatic rings. The Hall–Kier alpha value is -0.590. The van der Waals surface area contributed by atoms with Crippen LogP contribution in [0.25, 0.3) is 0 Å². The van der Waals surface area contributed by atoms with Gasteiger partial charge in [-0.1, -0.05) is 0 Å². The molecule has 0 atom stereocenters. The molecule has 0 saturated heterocycles. The Morgan fingerprint density at radius 3 is 2.92 bits per heavy atom. The van der Waals surface area contributed by atoms with Crippen LogP contribution < -0.4 is 10.3 Å². The molecular formula is C7H9IN2O2. The SMILES string of the molecule is CC(C)Oc1nc[nH]c(=O)c1I. The molecule has 0 aromatic carbocycles. The highest BCUT2D eigenvalue weighted by Crippen LogP contribution is 2.12. The second-order valence-corrected chi connectivity index (χ2v) is 3.60. The van der Waals surface area contributed by atoms with Gasteiger partial charge < -0.3 is 9.72 Å². The molecule has 1 aromatic heterocycles. The molecule has 0 unspecified atom stereocenters. The maximum atomic E-state index is 11.0. The smallest absolute Gasteiger partial charge is 0.268 e. The van der Waals surface area contributed by atoms with Crippen molar-refractivity contribution < 1.29 is 4.74 Å². The summed E-state index contributed by atoms with van der Waals surface area (Å²) < 4.78 is 5.78. The fourth-order valence-electron chi connectivity index (χ4n) is 0.672. The first-order valence-electron chi connectivity index (χ1n) is 3.51. The van der Waals surface area contributed by atoms with E-state index >= 15 is 0 Å². The Morgan fingerprint density at radius 2 is 2.33 bits per heavy atom. The average molecular weight is 280 g/mol. The molecule has 1 rings (SSSR count). The summed E-state index contributed by atoms with van der Waals surface area (Å²) >= 11 is 1.91. The van der Waals surface area contributed by atoms with E-state index in [9.17, 15) is 4.79 Å². The zero-order valence-corrected chi connectivity index (χ0v) is 8.95. The van der Waals surface area contributed by atoms with Crippen molar-refractivity contribution in [2.24, 2.45) is 0 Å². The van der Waals surface area contributed by atoms with Gasteiger partial charge in [0.15, 0.2) is 0 Å². The van der Waals surface area contributed by atoms with Gasteiger partial charge in [-0.2, -0.15) is 0 Å². The highest BCUT2D eigenvalue weighted by molar-refractivity contribution is 14.1. The lowest BCUT2D eigenvalue weighted by Gasteiger charge is -2.08. The summed E-state index contributed by atoms with van der Waals surface area (Å²) in [4.78, 5) is 17.4. The van der Waals surface area contributed by atoms with Crippen molar-refractivity contribution in [2.75, 3.05) is 0 Å². The van der Waals surface area contributed by atoms with Gasteiger partial charge >= 0.3 is 0 Å². The van der Waals surface area contributed by atoms with E-state index in [1.807, 2.05) is 36.4 Å². The van der Waals surface area contributed by atoms with Crippen LogP contribution >= 0.6 is 22.6 Å². The van der Waals surface area contributed by atoms with E-state index < -0.39 is 0 Å². The maximum Gasteiger partial charge on any atom is 0.268 e. The number of aromatic nitrogens is 2. The second-order valence-electron chi connectivity index (χ2n) is 2.52. The lowest BCUT2D eigenvalue weighted by atomic mass is 10.5. The molecule has 4 nitrogen and oxygen atoms in total. The number of nitrogens with one attached hydrogen (secondary N) is 1. The lowest BCUT2D eigenvalue weighted by Crippen LogP contribution is -2.15. The fraction of sp³-hybridized carbons (Fsp3) is 0.429. The highest BCUT2D eigenvalue weighted by Gasteiger charge is 2.06. The van der Waals surface area contributed by atoms with Crippen LogP contribution in [-0.4, -0.2) is 16.1 Å². The van der Waals surface area contributed by atoms with Crippen LogP contribution in [0.4, 0.5) is 0 Å². The van der Waals surface area contributed by atoms with Crippen molar-refractivity contribution in [3.05, 3.63) is 20.3 Å². The van der Waals surface area contributed by atoms with Gasteiger partial charge in [0.05, 0.1) is 12.4 Å². The topological polar surface area (TPSA) is 55.0 Å². The molecular weight excluding hydrogens is 271 g/mol. The first-order chi connectivity index (χ1) is 5.61. The van der Waals surface area contributed by atoms with Crippen LogP contribution in [0.5, 0.6) is 5.88 Å². The number of ether oxygens (including phenoxy) is 1. The van der Waals surface area contributed by atoms with Crippen LogP contribution in [-0.2, 0) is 0 Å². The third kappa shape index (κ3) is 2.20. The molecule has 0 radical (unpaired) electrons. The van der Waals surface area contributed by atoms with Gasteiger partial charge in [0, 0.05) is 0 Å². The van der Waals surface area contributed by atoms with Gasteiger partial charge in [-0.3, -0.25) is 4.79 Å². The number of nitrogens with zero attached hydrogens (tertiary/aromatic N) is 1. The molecule has 1 N–H and O–H groups in total. The molecule has 0 fully saturated rings. The van der Waals surface area contributed by atoms with Crippen LogP contribution in [0.3, 0.4) is 0 Å². The van der Waals surface area contributed by atoms with E-state index in [1.165, 1.54) is 6.33 Å². The van der Waals surface area contributed by atoms with E-state index in [0.717, 1.165) is 0 Å². The van der Waals surface area contributed by atoms with Crippen molar-refractivity contribution in [3.63, 3.8) is 0 Å². The number of halogens is 1. The van der Waals surface area contributed by atoms with Gasteiger partial charge in [0.2, 0.25) is 5.88 Å². The largest absolute Gasteiger partial charge is 0.474 e. The Morgan fingerprint density at radius 1 is 1.67 bits per heavy atom. The Balaban J connectivity index is 3.00. The normalized spacial score (nSPS) is 10.3. The summed E-state index contributed by atoms with van der Waals surface area (Å²) in [5.41, 5.74) is -0.166. The molecule has 0 saturated carbocycles. The molecule has 0 aliphatic carbocycles. The van der Waals surface area contributed by atoms with Crippen molar-refractivity contribution >= 4 is 22.6 Å². The van der Waals surface area contributed by atoms with Gasteiger partial charge in [0.1, 0.15) is 3.57 Å². The van der Waals surface area contributed by atoms with E-state index in [2.05, 4.69) is 9.97 Å². The molecule has 0 spiro atoms. The quantitative estimate of drug-likeness (QED) is 0.827. The van der Waals surface area contributed by atoms with Gasteiger partial charge in [0.25, 0.3) is 5.56 Å². The fourth-order valence-corrected chi connectivity index (χ4v) is 1.09. The van der Waals surface area contributed by atoms with E-state index in [-0.39, 0.29) is 11.7 Å². The van der Waals surface area contributed by atoms with Gasteiger partial charge in [-0.15, -0.1) is 0 Å². The third-order valence-electron chi connectivity index (χ3n) is 1.11. The van der Waals surface area contributed by atoms with Crippen molar-refractivity contribution in [2.45, 2.75) is 20.0 Å². The Labute approximate surface area is 83.5 Å².